The van der Waals surface area contributed by atoms with E-state index in [1.165, 1.54) is 4.31 Å². The average molecular weight is 599 g/mol. The highest BCUT2D eigenvalue weighted by Gasteiger charge is 2.73. The molecule has 232 valence electrons. The fraction of sp³-hybridized carbons (Fsp3) is 0.966. The minimum Gasteiger partial charge on any atom is -0.349 e. The molecule has 41 heavy (non-hydrogen) atoms. The Hall–Kier alpha value is -0.860. The second-order valence-electron chi connectivity index (χ2n) is 15.2. The van der Waals surface area contributed by atoms with Gasteiger partial charge in [-0.3, -0.25) is 9.63 Å². The van der Waals surface area contributed by atoms with Crippen molar-refractivity contribution in [2.45, 2.75) is 141 Å². The van der Waals surface area contributed by atoms with Gasteiger partial charge in [0, 0.05) is 17.9 Å². The smallest absolute Gasteiger partial charge is 0.267 e. The molecule has 2 bridgehead atoms. The fourth-order valence-corrected chi connectivity index (χ4v) is 11.8. The molecule has 1 spiro atoms. The summed E-state index contributed by atoms with van der Waals surface area (Å²) in [7, 11) is -3.75. The molecule has 2 aliphatic carbocycles. The Morgan fingerprint density at radius 3 is 2.27 bits per heavy atom. The van der Waals surface area contributed by atoms with Gasteiger partial charge in [0.2, 0.25) is 10.0 Å². The Morgan fingerprint density at radius 1 is 0.927 bits per heavy atom. The molecule has 5 saturated heterocycles. The second-order valence-corrected chi connectivity index (χ2v) is 17.0. The number of hydroxylamine groups is 2. The Morgan fingerprint density at radius 2 is 1.63 bits per heavy atom. The maximum absolute atomic E-state index is 14.2. The number of hydrogen-bond acceptors (Lipinski definition) is 10. The van der Waals surface area contributed by atoms with Crippen LogP contribution in [0.4, 0.5) is 0 Å². The first kappa shape index (κ1) is 28.9. The molecule has 2 saturated carbocycles. The summed E-state index contributed by atoms with van der Waals surface area (Å²) in [5.74, 6) is -1.44. The highest BCUT2D eigenvalue weighted by atomic mass is 32.2. The zero-order chi connectivity index (χ0) is 29.5. The van der Waals surface area contributed by atoms with Gasteiger partial charge in [-0.05, 0) is 64.2 Å². The molecule has 0 aromatic rings. The molecular weight excluding hydrogens is 552 g/mol. The van der Waals surface area contributed by atoms with Gasteiger partial charge in [0.1, 0.15) is 24.4 Å². The first-order valence-electron chi connectivity index (χ1n) is 15.3. The molecule has 11 nitrogen and oxygen atoms in total. The number of carbonyl (C=O) groups is 1. The monoisotopic (exact) mass is 598 g/mol. The second kappa shape index (κ2) is 8.87. The van der Waals surface area contributed by atoms with Crippen LogP contribution in [0.25, 0.3) is 0 Å². The van der Waals surface area contributed by atoms with E-state index in [1.807, 2.05) is 27.7 Å². The highest BCUT2D eigenvalue weighted by Crippen LogP contribution is 2.70. The summed E-state index contributed by atoms with van der Waals surface area (Å²) in [5.41, 5.74) is -0.494. The van der Waals surface area contributed by atoms with Gasteiger partial charge in [-0.15, -0.1) is 0 Å². The number of amides is 1. The van der Waals surface area contributed by atoms with Gasteiger partial charge in [0.25, 0.3) is 5.91 Å². The lowest BCUT2D eigenvalue weighted by molar-refractivity contribution is -0.292. The van der Waals surface area contributed by atoms with Crippen molar-refractivity contribution in [3.05, 3.63) is 0 Å². The summed E-state index contributed by atoms with van der Waals surface area (Å²) >= 11 is 0. The predicted octanol–water partition coefficient (Wildman–Crippen LogP) is 2.78. The van der Waals surface area contributed by atoms with E-state index in [-0.39, 0.29) is 40.7 Å². The summed E-state index contributed by atoms with van der Waals surface area (Å²) < 4.78 is 59.7. The maximum atomic E-state index is 14.2. The summed E-state index contributed by atoms with van der Waals surface area (Å²) in [6.45, 7) is 16.4. The van der Waals surface area contributed by atoms with Gasteiger partial charge < -0.3 is 23.7 Å². The SMILES string of the molecule is CC(C)C1C[C@H](C(=O)N2[C@@H]3C[C@H]4CC[C@]3(CS2(=O)=O)C4(C)C)ON1[C@@H]1O[C@@H]([C@H]2COC(C)(C)O2)[C@H]2OC(C)(C)O[C@H]21. The lowest BCUT2D eigenvalue weighted by Gasteiger charge is -2.37. The van der Waals surface area contributed by atoms with Gasteiger partial charge >= 0.3 is 0 Å². The van der Waals surface area contributed by atoms with E-state index in [4.69, 9.17) is 28.5 Å². The van der Waals surface area contributed by atoms with Crippen LogP contribution in [0.1, 0.15) is 81.1 Å². The van der Waals surface area contributed by atoms with Crippen LogP contribution in [0.15, 0.2) is 0 Å². The van der Waals surface area contributed by atoms with Crippen molar-refractivity contribution in [2.24, 2.45) is 22.7 Å². The summed E-state index contributed by atoms with van der Waals surface area (Å²) in [6.07, 6.45) is -0.319. The number of ether oxygens (including phenoxy) is 5. The third-order valence-electron chi connectivity index (χ3n) is 11.4. The first-order valence-corrected chi connectivity index (χ1v) is 16.9. The topological polar surface area (TPSA) is 113 Å². The molecule has 0 aromatic carbocycles. The van der Waals surface area contributed by atoms with E-state index in [0.29, 0.717) is 18.9 Å². The van der Waals surface area contributed by atoms with Crippen molar-refractivity contribution in [2.75, 3.05) is 12.4 Å². The van der Waals surface area contributed by atoms with Crippen molar-refractivity contribution in [1.29, 1.82) is 0 Å². The summed E-state index contributed by atoms with van der Waals surface area (Å²) in [6, 6.07) is -0.482. The van der Waals surface area contributed by atoms with E-state index in [1.54, 1.807) is 5.06 Å². The molecule has 0 aromatic heterocycles. The number of nitrogens with zero attached hydrogens (tertiary/aromatic N) is 2. The molecular formula is C29H46N2O9S. The Labute approximate surface area is 243 Å². The quantitative estimate of drug-likeness (QED) is 0.479. The Balaban J connectivity index is 1.15. The normalized spacial score (nSPS) is 48.8. The van der Waals surface area contributed by atoms with Crippen LogP contribution in [-0.4, -0.2) is 96.5 Å². The van der Waals surface area contributed by atoms with E-state index in [2.05, 4.69) is 27.7 Å². The zero-order valence-electron chi connectivity index (χ0n) is 25.5. The van der Waals surface area contributed by atoms with Crippen LogP contribution in [0.2, 0.25) is 0 Å². The standard InChI is InChI=1S/C29H46N2O9S/c1-15(2)17-12-18(24(32)31-20-11-16-9-10-29(20,26(16,3)4)14-41(31,33)34)40-30(17)25-23-22(38-28(7,8)39-23)21(36-25)19-13-35-27(5,6)37-19/h15-23,25H,9-14H2,1-8H3/t16-,17?,18-,19-,20-,21+,22-,23-,25-,29-/m1/s1. The van der Waals surface area contributed by atoms with E-state index >= 15 is 0 Å². The van der Waals surface area contributed by atoms with Gasteiger partial charge in [0.05, 0.1) is 18.4 Å². The van der Waals surface area contributed by atoms with E-state index in [0.717, 1.165) is 19.3 Å². The molecule has 7 aliphatic rings. The largest absolute Gasteiger partial charge is 0.349 e. The van der Waals surface area contributed by atoms with Crippen LogP contribution >= 0.6 is 0 Å². The molecule has 5 aliphatic heterocycles. The van der Waals surface area contributed by atoms with Crippen LogP contribution in [0, 0.1) is 22.7 Å². The van der Waals surface area contributed by atoms with Crippen molar-refractivity contribution in [3.63, 3.8) is 0 Å². The molecule has 1 amide bonds. The van der Waals surface area contributed by atoms with Crippen LogP contribution < -0.4 is 0 Å². The average Bonchev–Trinajstić information content (AvgIpc) is 3.67. The van der Waals surface area contributed by atoms with Gasteiger partial charge in [0.15, 0.2) is 23.9 Å². The van der Waals surface area contributed by atoms with Gasteiger partial charge in [-0.25, -0.2) is 12.7 Å². The van der Waals surface area contributed by atoms with Crippen LogP contribution in [0.5, 0.6) is 0 Å². The van der Waals surface area contributed by atoms with E-state index in [9.17, 15) is 13.2 Å². The van der Waals surface area contributed by atoms with Crippen molar-refractivity contribution in [3.8, 4) is 0 Å². The van der Waals surface area contributed by atoms with Crippen LogP contribution in [-0.2, 0) is 43.3 Å². The number of rotatable bonds is 4. The predicted molar refractivity (Wildman–Crippen MR) is 145 cm³/mol. The van der Waals surface area contributed by atoms with E-state index < -0.39 is 58.1 Å². The molecule has 0 radical (unpaired) electrons. The molecule has 7 rings (SSSR count). The molecule has 12 heteroatoms. The third kappa shape index (κ3) is 4.07. The number of fused-ring (bicyclic) bond motifs is 2. The number of carbonyl (C=O) groups excluding carboxylic acids is 1. The first-order chi connectivity index (χ1) is 19.0. The maximum Gasteiger partial charge on any atom is 0.267 e. The summed E-state index contributed by atoms with van der Waals surface area (Å²) in [5, 5.41) is 1.75. The van der Waals surface area contributed by atoms with Crippen molar-refractivity contribution in [1.82, 2.24) is 9.37 Å². The minimum absolute atomic E-state index is 0.0428. The molecule has 10 atom stereocenters. The Bertz CT molecular complexity index is 1220. The molecule has 5 heterocycles. The van der Waals surface area contributed by atoms with Gasteiger partial charge in [-0.1, -0.05) is 27.7 Å². The zero-order valence-corrected chi connectivity index (χ0v) is 26.3. The third-order valence-corrected chi connectivity index (χ3v) is 13.3. The molecule has 1 unspecified atom stereocenters. The van der Waals surface area contributed by atoms with Crippen molar-refractivity contribution >= 4 is 15.9 Å². The fourth-order valence-electron chi connectivity index (χ4n) is 9.26. The Kier molecular flexibility index (Phi) is 6.25. The van der Waals surface area contributed by atoms with Crippen molar-refractivity contribution < 1.29 is 41.7 Å². The summed E-state index contributed by atoms with van der Waals surface area (Å²) in [4.78, 5) is 20.6. The lowest BCUT2D eigenvalue weighted by Crippen LogP contribution is -2.49. The number of hydrogen-bond donors (Lipinski definition) is 0. The number of sulfonamides is 1. The van der Waals surface area contributed by atoms with Crippen LogP contribution in [0.3, 0.4) is 0 Å². The highest BCUT2D eigenvalue weighted by molar-refractivity contribution is 7.90. The minimum atomic E-state index is -3.75. The molecule has 7 fully saturated rings. The lowest BCUT2D eigenvalue weighted by atomic mass is 9.69. The molecule has 0 N–H and O–H groups in total. The van der Waals surface area contributed by atoms with Gasteiger partial charge in [-0.2, -0.15) is 5.06 Å².